The van der Waals surface area contributed by atoms with E-state index in [4.69, 9.17) is 11.6 Å². The molecule has 2 atom stereocenters. The normalized spacial score (nSPS) is 15.4. The molecule has 0 saturated carbocycles. The predicted molar refractivity (Wildman–Crippen MR) is 89.4 cm³/mol. The minimum atomic E-state index is 0.220. The standard InChI is InChI=1S/C17H29ClN2/c1-7-19-14(3)17(4,5)12-20(6)13(2)15-9-8-10-16(18)11-15/h8-11,13-14,19H,7,12H2,1-6H3. The number of benzene rings is 1. The third-order valence-electron chi connectivity index (χ3n) is 4.33. The third-order valence-corrected chi connectivity index (χ3v) is 4.57. The summed E-state index contributed by atoms with van der Waals surface area (Å²) < 4.78 is 0. The van der Waals surface area contributed by atoms with Gasteiger partial charge in [-0.1, -0.05) is 44.5 Å². The summed E-state index contributed by atoms with van der Waals surface area (Å²) in [5.41, 5.74) is 1.49. The Morgan fingerprint density at radius 3 is 2.50 bits per heavy atom. The number of halogens is 1. The lowest BCUT2D eigenvalue weighted by molar-refractivity contribution is 0.136. The van der Waals surface area contributed by atoms with Crippen molar-refractivity contribution in [1.29, 1.82) is 0 Å². The van der Waals surface area contributed by atoms with Crippen molar-refractivity contribution in [3.8, 4) is 0 Å². The molecule has 114 valence electrons. The topological polar surface area (TPSA) is 15.3 Å². The summed E-state index contributed by atoms with van der Waals surface area (Å²) >= 11 is 6.09. The Morgan fingerprint density at radius 1 is 1.30 bits per heavy atom. The molecule has 1 N–H and O–H groups in total. The lowest BCUT2D eigenvalue weighted by Crippen LogP contribution is -2.46. The summed E-state index contributed by atoms with van der Waals surface area (Å²) in [4.78, 5) is 2.40. The van der Waals surface area contributed by atoms with E-state index in [0.29, 0.717) is 12.1 Å². The summed E-state index contributed by atoms with van der Waals surface area (Å²) in [6.07, 6.45) is 0. The van der Waals surface area contributed by atoms with E-state index in [-0.39, 0.29) is 5.41 Å². The van der Waals surface area contributed by atoms with Gasteiger partial charge in [0.15, 0.2) is 0 Å². The van der Waals surface area contributed by atoms with Crippen LogP contribution in [0, 0.1) is 5.41 Å². The fourth-order valence-corrected chi connectivity index (χ4v) is 2.72. The Bertz CT molecular complexity index is 417. The van der Waals surface area contributed by atoms with Crippen molar-refractivity contribution in [2.75, 3.05) is 20.1 Å². The highest BCUT2D eigenvalue weighted by molar-refractivity contribution is 6.30. The van der Waals surface area contributed by atoms with Gasteiger partial charge in [0.05, 0.1) is 0 Å². The molecule has 0 fully saturated rings. The molecule has 3 heteroatoms. The minimum absolute atomic E-state index is 0.220. The average molecular weight is 297 g/mol. The highest BCUT2D eigenvalue weighted by Gasteiger charge is 2.28. The first-order valence-corrected chi connectivity index (χ1v) is 7.84. The van der Waals surface area contributed by atoms with Crippen LogP contribution in [0.3, 0.4) is 0 Å². The SMILES string of the molecule is CCNC(C)C(C)(C)CN(C)C(C)c1cccc(Cl)c1. The molecule has 2 nitrogen and oxygen atoms in total. The Balaban J connectivity index is 2.72. The molecule has 0 aromatic heterocycles. The van der Waals surface area contributed by atoms with Crippen LogP contribution in [0.15, 0.2) is 24.3 Å². The van der Waals surface area contributed by atoms with Gasteiger partial charge in [0, 0.05) is 23.7 Å². The van der Waals surface area contributed by atoms with E-state index in [1.807, 2.05) is 12.1 Å². The minimum Gasteiger partial charge on any atom is -0.314 e. The van der Waals surface area contributed by atoms with E-state index in [1.165, 1.54) is 5.56 Å². The molecule has 2 unspecified atom stereocenters. The number of nitrogens with one attached hydrogen (secondary N) is 1. The second kappa shape index (κ2) is 7.44. The Kier molecular flexibility index (Phi) is 6.50. The van der Waals surface area contributed by atoms with Gasteiger partial charge in [-0.2, -0.15) is 0 Å². The molecule has 0 amide bonds. The molecule has 1 rings (SSSR count). The molecule has 0 aliphatic heterocycles. The van der Waals surface area contributed by atoms with Crippen molar-refractivity contribution in [3.63, 3.8) is 0 Å². The van der Waals surface area contributed by atoms with Crippen LogP contribution in [0.4, 0.5) is 0 Å². The summed E-state index contributed by atoms with van der Waals surface area (Å²) in [7, 11) is 2.19. The summed E-state index contributed by atoms with van der Waals surface area (Å²) in [6, 6.07) is 9.00. The Morgan fingerprint density at radius 2 is 1.95 bits per heavy atom. The Hall–Kier alpha value is -0.570. The van der Waals surface area contributed by atoms with E-state index >= 15 is 0 Å². The van der Waals surface area contributed by atoms with Crippen molar-refractivity contribution in [3.05, 3.63) is 34.9 Å². The van der Waals surface area contributed by atoms with Gasteiger partial charge in [-0.25, -0.2) is 0 Å². The molecule has 20 heavy (non-hydrogen) atoms. The largest absolute Gasteiger partial charge is 0.314 e. The molecule has 0 heterocycles. The van der Waals surface area contributed by atoms with Crippen LogP contribution in [0.5, 0.6) is 0 Å². The first-order chi connectivity index (χ1) is 9.27. The van der Waals surface area contributed by atoms with Gasteiger partial charge in [0.25, 0.3) is 0 Å². The zero-order valence-electron chi connectivity index (χ0n) is 13.7. The molecule has 0 aliphatic rings. The molecule has 1 aromatic rings. The van der Waals surface area contributed by atoms with Gasteiger partial charge in [0.1, 0.15) is 0 Å². The van der Waals surface area contributed by atoms with Crippen LogP contribution in [0.1, 0.15) is 46.2 Å². The lowest BCUT2D eigenvalue weighted by Gasteiger charge is -2.38. The molecule has 0 spiro atoms. The fraction of sp³-hybridized carbons (Fsp3) is 0.647. The van der Waals surface area contributed by atoms with Crippen LogP contribution in [-0.4, -0.2) is 31.1 Å². The highest BCUT2D eigenvalue weighted by atomic mass is 35.5. The molecule has 0 saturated heterocycles. The lowest BCUT2D eigenvalue weighted by atomic mass is 9.84. The van der Waals surface area contributed by atoms with Crippen LogP contribution in [-0.2, 0) is 0 Å². The van der Waals surface area contributed by atoms with Crippen molar-refractivity contribution in [2.45, 2.75) is 46.7 Å². The maximum atomic E-state index is 6.09. The van der Waals surface area contributed by atoms with Gasteiger partial charge in [-0.05, 0) is 50.6 Å². The van der Waals surface area contributed by atoms with Gasteiger partial charge in [-0.3, -0.25) is 4.90 Å². The first-order valence-electron chi connectivity index (χ1n) is 7.47. The smallest absolute Gasteiger partial charge is 0.0409 e. The van der Waals surface area contributed by atoms with Gasteiger partial charge >= 0.3 is 0 Å². The van der Waals surface area contributed by atoms with Crippen molar-refractivity contribution in [2.24, 2.45) is 5.41 Å². The highest BCUT2D eigenvalue weighted by Crippen LogP contribution is 2.27. The number of nitrogens with zero attached hydrogens (tertiary/aromatic N) is 1. The molecular formula is C17H29ClN2. The van der Waals surface area contributed by atoms with Crippen molar-refractivity contribution in [1.82, 2.24) is 10.2 Å². The number of rotatable bonds is 7. The third kappa shape index (κ3) is 4.76. The predicted octanol–water partition coefficient (Wildman–Crippen LogP) is 4.36. The maximum Gasteiger partial charge on any atom is 0.0409 e. The van der Waals surface area contributed by atoms with Crippen LogP contribution >= 0.6 is 11.6 Å². The van der Waals surface area contributed by atoms with Crippen molar-refractivity contribution >= 4 is 11.6 Å². The molecule has 0 aliphatic carbocycles. The van der Waals surface area contributed by atoms with E-state index in [1.54, 1.807) is 0 Å². The summed E-state index contributed by atoms with van der Waals surface area (Å²) in [6.45, 7) is 13.3. The fourth-order valence-electron chi connectivity index (χ4n) is 2.52. The average Bonchev–Trinajstić information content (AvgIpc) is 2.37. The maximum absolute atomic E-state index is 6.09. The monoisotopic (exact) mass is 296 g/mol. The van der Waals surface area contributed by atoms with E-state index in [0.717, 1.165) is 18.1 Å². The first kappa shape index (κ1) is 17.5. The van der Waals surface area contributed by atoms with Crippen LogP contribution in [0.25, 0.3) is 0 Å². The van der Waals surface area contributed by atoms with Gasteiger partial charge in [-0.15, -0.1) is 0 Å². The van der Waals surface area contributed by atoms with Crippen molar-refractivity contribution < 1.29 is 0 Å². The van der Waals surface area contributed by atoms with Crippen LogP contribution < -0.4 is 5.32 Å². The molecular weight excluding hydrogens is 268 g/mol. The van der Waals surface area contributed by atoms with Gasteiger partial charge < -0.3 is 5.32 Å². The number of hydrogen-bond donors (Lipinski definition) is 1. The van der Waals surface area contributed by atoms with Crippen LogP contribution in [0.2, 0.25) is 5.02 Å². The van der Waals surface area contributed by atoms with E-state index in [9.17, 15) is 0 Å². The molecule has 0 radical (unpaired) electrons. The zero-order chi connectivity index (χ0) is 15.3. The number of hydrogen-bond acceptors (Lipinski definition) is 2. The molecule has 1 aromatic carbocycles. The second-order valence-electron chi connectivity index (χ2n) is 6.41. The quantitative estimate of drug-likeness (QED) is 0.804. The van der Waals surface area contributed by atoms with E-state index in [2.05, 4.69) is 64.0 Å². The summed E-state index contributed by atoms with van der Waals surface area (Å²) in [5.74, 6) is 0. The molecule has 0 bridgehead atoms. The van der Waals surface area contributed by atoms with Gasteiger partial charge in [0.2, 0.25) is 0 Å². The second-order valence-corrected chi connectivity index (χ2v) is 6.85. The zero-order valence-corrected chi connectivity index (χ0v) is 14.5. The Labute approximate surface area is 129 Å². The summed E-state index contributed by atoms with van der Waals surface area (Å²) in [5, 5.41) is 4.34. The van der Waals surface area contributed by atoms with E-state index < -0.39 is 0 Å².